The summed E-state index contributed by atoms with van der Waals surface area (Å²) in [6.07, 6.45) is 5.91. The van der Waals surface area contributed by atoms with Gasteiger partial charge in [-0.15, -0.1) is 10.2 Å². The fraction of sp³-hybridized carbons (Fsp3) is 0.556. The number of H-pyrrole nitrogens is 1. The predicted molar refractivity (Wildman–Crippen MR) is 101 cm³/mol. The fourth-order valence-electron chi connectivity index (χ4n) is 3.45. The van der Waals surface area contributed by atoms with Crippen LogP contribution in [0, 0.1) is 0 Å². The summed E-state index contributed by atoms with van der Waals surface area (Å²) in [6.45, 7) is 2.95. The highest BCUT2D eigenvalue weighted by Crippen LogP contribution is 2.27. The molecule has 1 fully saturated rings. The first kappa shape index (κ1) is 17.9. The van der Waals surface area contributed by atoms with Crippen LogP contribution in [0.1, 0.15) is 49.4 Å². The fourth-order valence-corrected chi connectivity index (χ4v) is 4.06. The molecule has 0 bridgehead atoms. The Balaban J connectivity index is 1.86. The molecule has 0 aliphatic heterocycles. The number of hydrogen-bond donors (Lipinski definition) is 1. The molecular formula is C18H25N5OS. The van der Waals surface area contributed by atoms with E-state index < -0.39 is 0 Å². The van der Waals surface area contributed by atoms with Crippen molar-refractivity contribution in [3.8, 4) is 11.4 Å². The van der Waals surface area contributed by atoms with E-state index in [9.17, 15) is 4.79 Å². The summed E-state index contributed by atoms with van der Waals surface area (Å²) < 4.78 is 0. The lowest BCUT2D eigenvalue weighted by Gasteiger charge is -2.34. The van der Waals surface area contributed by atoms with Gasteiger partial charge in [-0.1, -0.05) is 44.4 Å². The van der Waals surface area contributed by atoms with Crippen LogP contribution < -0.4 is 0 Å². The molecule has 0 radical (unpaired) electrons. The molecule has 134 valence electrons. The van der Waals surface area contributed by atoms with Gasteiger partial charge >= 0.3 is 0 Å². The average molecular weight is 359 g/mol. The van der Waals surface area contributed by atoms with E-state index in [4.69, 9.17) is 0 Å². The molecule has 1 aliphatic rings. The van der Waals surface area contributed by atoms with Crippen LogP contribution in [0.3, 0.4) is 0 Å². The van der Waals surface area contributed by atoms with Gasteiger partial charge in [-0.25, -0.2) is 0 Å². The normalized spacial score (nSPS) is 15.2. The zero-order chi connectivity index (χ0) is 17.5. The van der Waals surface area contributed by atoms with Crippen LogP contribution in [0.25, 0.3) is 11.4 Å². The van der Waals surface area contributed by atoms with Crippen molar-refractivity contribution in [1.29, 1.82) is 0 Å². The van der Waals surface area contributed by atoms with Crippen LogP contribution in [0.4, 0.5) is 0 Å². The van der Waals surface area contributed by atoms with Gasteiger partial charge in [-0.2, -0.15) is 17.0 Å². The first-order valence-corrected chi connectivity index (χ1v) is 10.2. The lowest BCUT2D eigenvalue weighted by molar-refractivity contribution is 0.0651. The first-order chi connectivity index (χ1) is 12.3. The number of thioether (sulfide) groups is 1. The molecule has 0 unspecified atom stereocenters. The van der Waals surface area contributed by atoms with Crippen LogP contribution in [-0.4, -0.2) is 55.5 Å². The number of nitrogens with one attached hydrogen (secondary N) is 1. The Morgan fingerprint density at radius 1 is 1.28 bits per heavy atom. The van der Waals surface area contributed by atoms with Crippen molar-refractivity contribution in [3.63, 3.8) is 0 Å². The third-order valence-electron chi connectivity index (χ3n) is 4.70. The summed E-state index contributed by atoms with van der Waals surface area (Å²) in [7, 11) is 0. The summed E-state index contributed by atoms with van der Waals surface area (Å²) >= 11 is 1.88. The molecule has 6 nitrogen and oxygen atoms in total. The Hall–Kier alpha value is -1.89. The van der Waals surface area contributed by atoms with Gasteiger partial charge in [-0.3, -0.25) is 4.79 Å². The number of aromatic nitrogens is 4. The minimum atomic E-state index is 0.0870. The standard InChI is InChI=1S/C18H25N5OS/c1-2-25-13-12-23(14-8-4-3-5-9-14)18(24)16-11-7-6-10-15(16)17-19-21-22-20-17/h6-7,10-11,14H,2-5,8-9,12-13H2,1H3,(H,19,20,21,22). The topological polar surface area (TPSA) is 74.8 Å². The van der Waals surface area contributed by atoms with Crippen molar-refractivity contribution in [2.45, 2.75) is 45.1 Å². The second-order valence-corrected chi connectivity index (χ2v) is 7.66. The van der Waals surface area contributed by atoms with E-state index in [2.05, 4.69) is 32.4 Å². The summed E-state index contributed by atoms with van der Waals surface area (Å²) in [5.74, 6) is 2.61. The third-order valence-corrected chi connectivity index (χ3v) is 5.58. The maximum absolute atomic E-state index is 13.4. The Bertz CT molecular complexity index is 670. The minimum Gasteiger partial charge on any atom is -0.335 e. The first-order valence-electron chi connectivity index (χ1n) is 9.02. The number of hydrogen-bond acceptors (Lipinski definition) is 5. The van der Waals surface area contributed by atoms with Gasteiger partial charge in [0.05, 0.1) is 5.56 Å². The van der Waals surface area contributed by atoms with Crippen LogP contribution >= 0.6 is 11.8 Å². The third kappa shape index (κ3) is 4.39. The second-order valence-electron chi connectivity index (χ2n) is 6.27. The van der Waals surface area contributed by atoms with Gasteiger partial charge in [-0.05, 0) is 29.9 Å². The molecule has 2 aromatic rings. The molecule has 1 aromatic heterocycles. The molecule has 0 saturated heterocycles. The number of rotatable bonds is 7. The number of carbonyl (C=O) groups excluding carboxylic acids is 1. The Kier molecular flexibility index (Phi) is 6.44. The number of nitrogens with zero attached hydrogens (tertiary/aromatic N) is 4. The van der Waals surface area contributed by atoms with Gasteiger partial charge in [0.2, 0.25) is 5.82 Å². The summed E-state index contributed by atoms with van der Waals surface area (Å²) in [5.41, 5.74) is 1.40. The molecule has 7 heteroatoms. The van der Waals surface area contributed by atoms with Crippen LogP contribution in [0.15, 0.2) is 24.3 Å². The number of tetrazole rings is 1. The zero-order valence-electron chi connectivity index (χ0n) is 14.6. The number of benzene rings is 1. The van der Waals surface area contributed by atoms with E-state index in [-0.39, 0.29) is 5.91 Å². The number of amides is 1. The summed E-state index contributed by atoms with van der Waals surface area (Å²) in [4.78, 5) is 15.5. The van der Waals surface area contributed by atoms with Crippen molar-refractivity contribution in [2.24, 2.45) is 0 Å². The van der Waals surface area contributed by atoms with Crippen molar-refractivity contribution in [1.82, 2.24) is 25.5 Å². The molecule has 3 rings (SSSR count). The van der Waals surface area contributed by atoms with Crippen molar-refractivity contribution in [2.75, 3.05) is 18.1 Å². The molecule has 1 amide bonds. The van der Waals surface area contributed by atoms with Gasteiger partial charge < -0.3 is 4.90 Å². The van der Waals surface area contributed by atoms with Crippen LogP contribution in [0.2, 0.25) is 0 Å². The largest absolute Gasteiger partial charge is 0.335 e. The minimum absolute atomic E-state index is 0.0870. The summed E-state index contributed by atoms with van der Waals surface area (Å²) in [5, 5.41) is 14.2. The van der Waals surface area contributed by atoms with E-state index in [1.54, 1.807) is 0 Å². The molecule has 0 spiro atoms. The van der Waals surface area contributed by atoms with Gasteiger partial charge in [0, 0.05) is 23.9 Å². The van der Waals surface area contributed by atoms with Crippen molar-refractivity contribution < 1.29 is 4.79 Å². The van der Waals surface area contributed by atoms with E-state index in [1.165, 1.54) is 19.3 Å². The average Bonchev–Trinajstić information content (AvgIpc) is 3.20. The Labute approximate surface area is 152 Å². The van der Waals surface area contributed by atoms with Gasteiger partial charge in [0.15, 0.2) is 0 Å². The molecule has 1 aliphatic carbocycles. The highest BCUT2D eigenvalue weighted by atomic mass is 32.2. The molecule has 25 heavy (non-hydrogen) atoms. The van der Waals surface area contributed by atoms with Crippen molar-refractivity contribution in [3.05, 3.63) is 29.8 Å². The van der Waals surface area contributed by atoms with Gasteiger partial charge in [0.25, 0.3) is 5.91 Å². The van der Waals surface area contributed by atoms with Crippen LogP contribution in [-0.2, 0) is 0 Å². The highest BCUT2D eigenvalue weighted by molar-refractivity contribution is 7.99. The zero-order valence-corrected chi connectivity index (χ0v) is 15.5. The van der Waals surface area contributed by atoms with Crippen LogP contribution in [0.5, 0.6) is 0 Å². The lowest BCUT2D eigenvalue weighted by atomic mass is 9.93. The molecule has 1 saturated carbocycles. The monoisotopic (exact) mass is 359 g/mol. The number of aromatic amines is 1. The number of carbonyl (C=O) groups is 1. The van der Waals surface area contributed by atoms with Crippen molar-refractivity contribution >= 4 is 17.7 Å². The summed E-state index contributed by atoms with van der Waals surface area (Å²) in [6, 6.07) is 7.91. The Morgan fingerprint density at radius 3 is 2.80 bits per heavy atom. The molecule has 1 aromatic carbocycles. The lowest BCUT2D eigenvalue weighted by Crippen LogP contribution is -2.43. The molecular weight excluding hydrogens is 334 g/mol. The second kappa shape index (κ2) is 8.99. The maximum Gasteiger partial charge on any atom is 0.254 e. The van der Waals surface area contributed by atoms with Gasteiger partial charge in [0.1, 0.15) is 0 Å². The quantitative estimate of drug-likeness (QED) is 0.767. The van der Waals surface area contributed by atoms with E-state index >= 15 is 0 Å². The SMILES string of the molecule is CCSCCN(C(=O)c1ccccc1-c1nn[nH]n1)C1CCCCC1. The molecule has 0 atom stereocenters. The highest BCUT2D eigenvalue weighted by Gasteiger charge is 2.28. The molecule has 1 heterocycles. The maximum atomic E-state index is 13.4. The molecule has 1 N–H and O–H groups in total. The Morgan fingerprint density at radius 2 is 2.08 bits per heavy atom. The van der Waals surface area contributed by atoms with E-state index in [0.29, 0.717) is 17.4 Å². The van der Waals surface area contributed by atoms with E-state index in [1.807, 2.05) is 36.0 Å². The smallest absolute Gasteiger partial charge is 0.254 e. The van der Waals surface area contributed by atoms with E-state index in [0.717, 1.165) is 36.5 Å². The predicted octanol–water partition coefficient (Wildman–Crippen LogP) is 3.39.